The lowest BCUT2D eigenvalue weighted by Gasteiger charge is -2.52. The topological polar surface area (TPSA) is 9.23 Å². The molecule has 5 unspecified atom stereocenters. The third-order valence-electron chi connectivity index (χ3n) is 4.42. The molecule has 0 amide bonds. The standard InChI is InChI=1S/C10H16O/c1-6-7-3-4-10(2)8(5-7)9(6)11-10/h6-9H,3-5H2,1-2H3. The van der Waals surface area contributed by atoms with E-state index in [1.54, 1.807) is 0 Å². The summed E-state index contributed by atoms with van der Waals surface area (Å²) in [7, 11) is 0. The van der Waals surface area contributed by atoms with Gasteiger partial charge in [-0.05, 0) is 38.0 Å². The fraction of sp³-hybridized carbons (Fsp3) is 1.00. The second kappa shape index (κ2) is 1.66. The van der Waals surface area contributed by atoms with Gasteiger partial charge in [-0.2, -0.15) is 0 Å². The van der Waals surface area contributed by atoms with E-state index in [2.05, 4.69) is 13.8 Å². The first-order chi connectivity index (χ1) is 5.21. The molecule has 2 aliphatic carbocycles. The zero-order valence-corrected chi connectivity index (χ0v) is 7.34. The van der Waals surface area contributed by atoms with Gasteiger partial charge < -0.3 is 4.74 Å². The molecule has 1 heterocycles. The summed E-state index contributed by atoms with van der Waals surface area (Å²) in [6.45, 7) is 4.68. The summed E-state index contributed by atoms with van der Waals surface area (Å²) < 4.78 is 5.95. The van der Waals surface area contributed by atoms with Crippen molar-refractivity contribution in [2.45, 2.75) is 44.8 Å². The van der Waals surface area contributed by atoms with Crippen LogP contribution in [0.5, 0.6) is 0 Å². The smallest absolute Gasteiger partial charge is 0.0711 e. The van der Waals surface area contributed by atoms with E-state index < -0.39 is 0 Å². The average molecular weight is 152 g/mol. The van der Waals surface area contributed by atoms with Gasteiger partial charge in [-0.25, -0.2) is 0 Å². The van der Waals surface area contributed by atoms with Gasteiger partial charge in [0.15, 0.2) is 0 Å². The second-order valence-electron chi connectivity index (χ2n) is 4.90. The molecule has 0 aromatic heterocycles. The van der Waals surface area contributed by atoms with Gasteiger partial charge in [0.2, 0.25) is 0 Å². The van der Waals surface area contributed by atoms with Gasteiger partial charge >= 0.3 is 0 Å². The summed E-state index contributed by atoms with van der Waals surface area (Å²) in [6.07, 6.45) is 4.85. The molecule has 0 spiro atoms. The average Bonchev–Trinajstić information content (AvgIpc) is 2.08. The van der Waals surface area contributed by atoms with Crippen molar-refractivity contribution >= 4 is 0 Å². The van der Waals surface area contributed by atoms with E-state index in [1.165, 1.54) is 19.3 Å². The van der Waals surface area contributed by atoms with Crippen molar-refractivity contribution in [3.63, 3.8) is 0 Å². The molecule has 0 aromatic rings. The molecule has 0 radical (unpaired) electrons. The Morgan fingerprint density at radius 2 is 2.27 bits per heavy atom. The molecule has 62 valence electrons. The van der Waals surface area contributed by atoms with E-state index >= 15 is 0 Å². The first-order valence-corrected chi connectivity index (χ1v) is 4.88. The van der Waals surface area contributed by atoms with Gasteiger partial charge in [0.25, 0.3) is 0 Å². The summed E-state index contributed by atoms with van der Waals surface area (Å²) in [5, 5.41) is 0. The first-order valence-electron chi connectivity index (χ1n) is 4.88. The monoisotopic (exact) mass is 152 g/mol. The maximum Gasteiger partial charge on any atom is 0.0711 e. The Morgan fingerprint density at radius 3 is 3.00 bits per heavy atom. The van der Waals surface area contributed by atoms with E-state index in [4.69, 9.17) is 4.74 Å². The Kier molecular flexibility index (Phi) is 0.976. The lowest BCUT2D eigenvalue weighted by Crippen LogP contribution is -2.56. The summed E-state index contributed by atoms with van der Waals surface area (Å²) in [4.78, 5) is 0. The third kappa shape index (κ3) is 0.581. The molecule has 3 aliphatic rings. The Labute approximate surface area is 68.1 Å². The van der Waals surface area contributed by atoms with Crippen LogP contribution in [0, 0.1) is 17.8 Å². The molecule has 1 aliphatic heterocycles. The molecule has 1 saturated heterocycles. The Balaban J connectivity index is 1.97. The number of fused-ring (bicyclic) bond motifs is 1. The van der Waals surface area contributed by atoms with Crippen LogP contribution >= 0.6 is 0 Å². The first kappa shape index (κ1) is 6.47. The highest BCUT2D eigenvalue weighted by Crippen LogP contribution is 2.60. The zero-order valence-electron chi connectivity index (χ0n) is 7.34. The molecule has 2 bridgehead atoms. The van der Waals surface area contributed by atoms with E-state index in [9.17, 15) is 0 Å². The molecule has 0 N–H and O–H groups in total. The number of rotatable bonds is 0. The largest absolute Gasteiger partial charge is 0.371 e. The second-order valence-corrected chi connectivity index (χ2v) is 4.90. The highest BCUT2D eigenvalue weighted by Gasteiger charge is 2.62. The van der Waals surface area contributed by atoms with E-state index in [0.29, 0.717) is 11.7 Å². The Morgan fingerprint density at radius 1 is 1.45 bits per heavy atom. The predicted octanol–water partition coefficient (Wildman–Crippen LogP) is 2.21. The van der Waals surface area contributed by atoms with Crippen LogP contribution in [-0.4, -0.2) is 11.7 Å². The molecule has 3 rings (SSSR count). The molecule has 2 saturated carbocycles. The van der Waals surface area contributed by atoms with Crippen molar-refractivity contribution in [2.75, 3.05) is 0 Å². The maximum absolute atomic E-state index is 5.95. The molecule has 0 aromatic carbocycles. The van der Waals surface area contributed by atoms with Gasteiger partial charge in [0, 0.05) is 5.92 Å². The molecule has 11 heavy (non-hydrogen) atoms. The predicted molar refractivity (Wildman–Crippen MR) is 43.3 cm³/mol. The lowest BCUT2D eigenvalue weighted by molar-refractivity contribution is -0.249. The van der Waals surface area contributed by atoms with Crippen molar-refractivity contribution in [3.8, 4) is 0 Å². The van der Waals surface area contributed by atoms with Crippen LogP contribution in [0.3, 0.4) is 0 Å². The molecular formula is C10H16O. The van der Waals surface area contributed by atoms with E-state index in [0.717, 1.165) is 17.8 Å². The third-order valence-corrected chi connectivity index (χ3v) is 4.42. The molecule has 1 nitrogen and oxygen atoms in total. The van der Waals surface area contributed by atoms with Crippen molar-refractivity contribution in [3.05, 3.63) is 0 Å². The summed E-state index contributed by atoms with van der Waals surface area (Å²) in [5.74, 6) is 2.78. The molecule has 5 atom stereocenters. The van der Waals surface area contributed by atoms with Crippen LogP contribution in [0.15, 0.2) is 0 Å². The fourth-order valence-corrected chi connectivity index (χ4v) is 3.52. The summed E-state index contributed by atoms with van der Waals surface area (Å²) >= 11 is 0. The minimum absolute atomic E-state index is 0.311. The van der Waals surface area contributed by atoms with Crippen molar-refractivity contribution in [1.82, 2.24) is 0 Å². The number of hydrogen-bond donors (Lipinski definition) is 0. The van der Waals surface area contributed by atoms with Gasteiger partial charge in [-0.3, -0.25) is 0 Å². The minimum atomic E-state index is 0.311. The molecule has 1 heteroatoms. The highest BCUT2D eigenvalue weighted by molar-refractivity contribution is 5.10. The minimum Gasteiger partial charge on any atom is -0.371 e. The van der Waals surface area contributed by atoms with Gasteiger partial charge in [-0.1, -0.05) is 6.92 Å². The summed E-state index contributed by atoms with van der Waals surface area (Å²) in [6, 6.07) is 0. The Hall–Kier alpha value is -0.0400. The van der Waals surface area contributed by atoms with Crippen molar-refractivity contribution in [1.29, 1.82) is 0 Å². The van der Waals surface area contributed by atoms with Crippen LogP contribution in [0.2, 0.25) is 0 Å². The fourth-order valence-electron chi connectivity index (χ4n) is 3.52. The van der Waals surface area contributed by atoms with Gasteiger partial charge in [0.1, 0.15) is 0 Å². The van der Waals surface area contributed by atoms with E-state index in [-0.39, 0.29) is 0 Å². The maximum atomic E-state index is 5.95. The molecular weight excluding hydrogens is 136 g/mol. The number of ether oxygens (including phenoxy) is 1. The lowest BCUT2D eigenvalue weighted by atomic mass is 9.73. The zero-order chi connectivity index (χ0) is 7.64. The SMILES string of the molecule is CC1C2CCC3(C)OC1C3C2. The Bertz CT molecular complexity index is 201. The van der Waals surface area contributed by atoms with Crippen LogP contribution in [0.25, 0.3) is 0 Å². The van der Waals surface area contributed by atoms with Crippen LogP contribution in [0.4, 0.5) is 0 Å². The normalized spacial score (nSPS) is 66.0. The van der Waals surface area contributed by atoms with Crippen LogP contribution in [-0.2, 0) is 4.74 Å². The van der Waals surface area contributed by atoms with Gasteiger partial charge in [0.05, 0.1) is 11.7 Å². The highest BCUT2D eigenvalue weighted by atomic mass is 16.5. The molecule has 3 fully saturated rings. The van der Waals surface area contributed by atoms with Crippen molar-refractivity contribution in [2.24, 2.45) is 17.8 Å². The summed E-state index contributed by atoms with van der Waals surface area (Å²) in [5.41, 5.74) is 0.311. The van der Waals surface area contributed by atoms with Gasteiger partial charge in [-0.15, -0.1) is 0 Å². The number of hydrogen-bond acceptors (Lipinski definition) is 1. The van der Waals surface area contributed by atoms with E-state index in [1.807, 2.05) is 0 Å². The quantitative estimate of drug-likeness (QED) is 0.517. The van der Waals surface area contributed by atoms with Crippen LogP contribution in [0.1, 0.15) is 33.1 Å². The van der Waals surface area contributed by atoms with Crippen molar-refractivity contribution < 1.29 is 4.74 Å². The van der Waals surface area contributed by atoms with Crippen LogP contribution < -0.4 is 0 Å².